The zero-order valence-corrected chi connectivity index (χ0v) is 22.4. The summed E-state index contributed by atoms with van der Waals surface area (Å²) in [7, 11) is 0. The van der Waals surface area contributed by atoms with Crippen LogP contribution < -0.4 is 15.0 Å². The summed E-state index contributed by atoms with van der Waals surface area (Å²) in [6.07, 6.45) is -2.57. The smallest absolute Gasteiger partial charge is 0.406 e. The molecule has 5 rings (SSSR count). The summed E-state index contributed by atoms with van der Waals surface area (Å²) >= 11 is 1.22. The van der Waals surface area contributed by atoms with Crippen molar-refractivity contribution in [2.24, 2.45) is 4.99 Å². The van der Waals surface area contributed by atoms with Crippen LogP contribution in [-0.2, 0) is 17.8 Å². The number of rotatable bonds is 7. The van der Waals surface area contributed by atoms with Gasteiger partial charge in [0, 0.05) is 12.1 Å². The lowest BCUT2D eigenvalue weighted by Gasteiger charge is -2.19. The third-order valence-corrected chi connectivity index (χ3v) is 6.98. The summed E-state index contributed by atoms with van der Waals surface area (Å²) in [4.78, 5) is 35.0. The number of carbonyl (C=O) groups is 2. The van der Waals surface area contributed by atoms with Gasteiger partial charge in [-0.15, -0.1) is 18.3 Å². The van der Waals surface area contributed by atoms with E-state index < -0.39 is 12.4 Å². The number of hydrogen-bond donors (Lipinski definition) is 1. The summed E-state index contributed by atoms with van der Waals surface area (Å²) in [6, 6.07) is 19.5. The fourth-order valence-electron chi connectivity index (χ4n) is 4.11. The first-order valence-electron chi connectivity index (χ1n) is 12.5. The topological polar surface area (TPSA) is 102 Å². The van der Waals surface area contributed by atoms with Crippen molar-refractivity contribution in [3.8, 4) is 22.8 Å². The number of ether oxygens (including phenoxy) is 1. The van der Waals surface area contributed by atoms with Crippen LogP contribution in [0.5, 0.6) is 5.75 Å². The van der Waals surface area contributed by atoms with Gasteiger partial charge in [0.05, 0.1) is 17.1 Å². The molecule has 3 aromatic carbocycles. The highest BCUT2D eigenvalue weighted by Gasteiger charge is 2.32. The lowest BCUT2D eigenvalue weighted by atomic mass is 10.1. The highest BCUT2D eigenvalue weighted by atomic mass is 32.2. The number of nitrogens with zero attached hydrogens (tertiary/aromatic N) is 5. The lowest BCUT2D eigenvalue weighted by molar-refractivity contribution is -0.274. The summed E-state index contributed by atoms with van der Waals surface area (Å²) in [6.45, 7) is 2.22. The van der Waals surface area contributed by atoms with Gasteiger partial charge in [-0.2, -0.15) is 4.99 Å². The highest BCUT2D eigenvalue weighted by molar-refractivity contribution is 8.15. The third-order valence-electron chi connectivity index (χ3n) is 6.06. The van der Waals surface area contributed by atoms with E-state index in [9.17, 15) is 22.8 Å². The largest absolute Gasteiger partial charge is 0.573 e. The van der Waals surface area contributed by atoms with Gasteiger partial charge in [0.25, 0.3) is 0 Å². The summed E-state index contributed by atoms with van der Waals surface area (Å²) in [5.41, 5.74) is 3.76. The number of halogens is 3. The first-order chi connectivity index (χ1) is 19.7. The van der Waals surface area contributed by atoms with Gasteiger partial charge in [-0.3, -0.25) is 9.69 Å². The Morgan fingerprint density at radius 1 is 1.07 bits per heavy atom. The van der Waals surface area contributed by atoms with Crippen molar-refractivity contribution in [1.29, 1.82) is 0 Å². The van der Waals surface area contributed by atoms with Gasteiger partial charge in [-0.25, -0.2) is 14.5 Å². The molecule has 0 bridgehead atoms. The van der Waals surface area contributed by atoms with Gasteiger partial charge in [0.2, 0.25) is 5.91 Å². The predicted octanol–water partition coefficient (Wildman–Crippen LogP) is 5.74. The standard InChI is InChI=1S/C28H23F3N6O3S/c1-2-19-5-3-4-6-23(19)37-24(38)16-41-27(37)34-26(39)32-15-18-7-9-20(10-8-18)25-33-17-36(35-25)21-11-13-22(14-12-21)40-28(29,30)31/h3-14,17H,2,15-16H2,1H3,(H,32,39)/b34-27-. The fourth-order valence-corrected chi connectivity index (χ4v) is 4.96. The van der Waals surface area contributed by atoms with E-state index in [0.717, 1.165) is 23.2 Å². The van der Waals surface area contributed by atoms with E-state index in [4.69, 9.17) is 0 Å². The van der Waals surface area contributed by atoms with Gasteiger partial charge in [0.1, 0.15) is 12.1 Å². The molecule has 1 aliphatic rings. The molecule has 0 spiro atoms. The van der Waals surface area contributed by atoms with Crippen molar-refractivity contribution in [3.05, 3.63) is 90.3 Å². The van der Waals surface area contributed by atoms with Gasteiger partial charge in [-0.1, -0.05) is 61.2 Å². The number of hydrogen-bond acceptors (Lipinski definition) is 6. The minimum absolute atomic E-state index is 0.124. The number of aromatic nitrogens is 3. The molecule has 0 saturated carbocycles. The second-order valence-corrected chi connectivity index (χ2v) is 9.75. The molecule has 41 heavy (non-hydrogen) atoms. The number of aryl methyl sites for hydroxylation is 1. The molecule has 0 unspecified atom stereocenters. The molecule has 1 saturated heterocycles. The molecule has 1 N–H and O–H groups in total. The number of nitrogens with one attached hydrogen (secondary N) is 1. The maximum Gasteiger partial charge on any atom is 0.573 e. The number of benzene rings is 3. The maximum atomic E-state index is 12.6. The number of urea groups is 1. The van der Waals surface area contributed by atoms with Crippen LogP contribution in [0.4, 0.5) is 23.7 Å². The van der Waals surface area contributed by atoms with E-state index >= 15 is 0 Å². The molecule has 4 aromatic rings. The number of amides is 3. The third kappa shape index (κ3) is 6.74. The summed E-state index contributed by atoms with van der Waals surface area (Å²) < 4.78 is 42.4. The van der Waals surface area contributed by atoms with E-state index in [2.05, 4.69) is 25.1 Å². The number of carbonyl (C=O) groups excluding carboxylic acids is 2. The summed E-state index contributed by atoms with van der Waals surface area (Å²) in [5.74, 6) is 0.178. The van der Waals surface area contributed by atoms with Gasteiger partial charge in [0.15, 0.2) is 11.0 Å². The van der Waals surface area contributed by atoms with Crippen LogP contribution in [0.15, 0.2) is 84.1 Å². The Balaban J connectivity index is 1.20. The molecule has 2 heterocycles. The first-order valence-corrected chi connectivity index (χ1v) is 13.5. The average Bonchev–Trinajstić information content (AvgIpc) is 3.59. The Labute approximate surface area is 237 Å². The minimum atomic E-state index is -4.76. The van der Waals surface area contributed by atoms with Crippen molar-refractivity contribution < 1.29 is 27.5 Å². The lowest BCUT2D eigenvalue weighted by Crippen LogP contribution is -2.32. The number of aliphatic imine (C=N–C) groups is 1. The van der Waals surface area contributed by atoms with E-state index in [-0.39, 0.29) is 24.0 Å². The number of para-hydroxylation sites is 1. The maximum absolute atomic E-state index is 12.6. The Hall–Kier alpha value is -4.65. The molecule has 0 aliphatic carbocycles. The van der Waals surface area contributed by atoms with Crippen LogP contribution in [0.3, 0.4) is 0 Å². The Bertz CT molecular complexity index is 1590. The fraction of sp³-hybridized carbons (Fsp3) is 0.179. The number of thioether (sulfide) groups is 1. The minimum Gasteiger partial charge on any atom is -0.406 e. The van der Waals surface area contributed by atoms with Crippen molar-refractivity contribution in [2.75, 3.05) is 10.7 Å². The van der Waals surface area contributed by atoms with Crippen molar-refractivity contribution in [3.63, 3.8) is 0 Å². The Kier molecular flexibility index (Phi) is 8.06. The number of anilines is 1. The second kappa shape index (κ2) is 11.8. The zero-order valence-electron chi connectivity index (χ0n) is 21.6. The van der Waals surface area contributed by atoms with Crippen LogP contribution in [0, 0.1) is 0 Å². The summed E-state index contributed by atoms with van der Waals surface area (Å²) in [5, 5.41) is 7.48. The number of amidine groups is 1. The first kappa shape index (κ1) is 27.9. The van der Waals surface area contributed by atoms with E-state index in [1.807, 2.05) is 43.3 Å². The van der Waals surface area contributed by atoms with Crippen LogP contribution in [0.25, 0.3) is 17.1 Å². The molecule has 1 aromatic heterocycles. The Morgan fingerprint density at radius 2 is 1.80 bits per heavy atom. The van der Waals surface area contributed by atoms with E-state index in [1.165, 1.54) is 51.9 Å². The van der Waals surface area contributed by atoms with Crippen LogP contribution in [-0.4, -0.2) is 44.0 Å². The van der Waals surface area contributed by atoms with Crippen molar-refractivity contribution in [1.82, 2.24) is 20.1 Å². The molecule has 9 nitrogen and oxygen atoms in total. The molecular formula is C28H23F3N6O3S. The normalized spacial score (nSPS) is 14.5. The molecule has 0 atom stereocenters. The molecule has 3 amide bonds. The quantitative estimate of drug-likeness (QED) is 0.299. The Morgan fingerprint density at radius 3 is 2.51 bits per heavy atom. The van der Waals surface area contributed by atoms with Gasteiger partial charge in [-0.05, 0) is 47.9 Å². The second-order valence-electron chi connectivity index (χ2n) is 8.80. The van der Waals surface area contributed by atoms with Crippen LogP contribution in [0.2, 0.25) is 0 Å². The van der Waals surface area contributed by atoms with Crippen molar-refractivity contribution >= 4 is 34.6 Å². The predicted molar refractivity (Wildman–Crippen MR) is 149 cm³/mol. The molecule has 210 valence electrons. The van der Waals surface area contributed by atoms with Crippen molar-refractivity contribution in [2.45, 2.75) is 26.3 Å². The monoisotopic (exact) mass is 580 g/mol. The van der Waals surface area contributed by atoms with Crippen LogP contribution in [0.1, 0.15) is 18.1 Å². The molecule has 13 heteroatoms. The van der Waals surface area contributed by atoms with E-state index in [1.54, 1.807) is 12.1 Å². The van der Waals surface area contributed by atoms with Gasteiger partial charge >= 0.3 is 12.4 Å². The molecule has 1 aliphatic heterocycles. The average molecular weight is 581 g/mol. The van der Waals surface area contributed by atoms with Gasteiger partial charge < -0.3 is 10.1 Å². The highest BCUT2D eigenvalue weighted by Crippen LogP contribution is 2.30. The molecule has 1 fully saturated rings. The SMILES string of the molecule is CCc1ccccc1N1C(=O)CS/C1=N\C(=O)NCc1ccc(-c2ncn(-c3ccc(OC(F)(F)F)cc3)n2)cc1. The zero-order chi connectivity index (χ0) is 29.0. The molecular weight excluding hydrogens is 557 g/mol. The van der Waals surface area contributed by atoms with E-state index in [0.29, 0.717) is 22.2 Å². The molecule has 0 radical (unpaired) electrons. The van der Waals surface area contributed by atoms with Crippen LogP contribution >= 0.6 is 11.8 Å². The number of alkyl halides is 3.